The quantitative estimate of drug-likeness (QED) is 0.473. The lowest BCUT2D eigenvalue weighted by Crippen LogP contribution is -2.25. The first kappa shape index (κ1) is 18.7. The van der Waals surface area contributed by atoms with E-state index in [9.17, 15) is 9.18 Å². The molecular weight excluding hydrogens is 349 g/mol. The Kier molecular flexibility index (Phi) is 5.51. The van der Waals surface area contributed by atoms with Crippen LogP contribution in [0.5, 0.6) is 0 Å². The predicted octanol–water partition coefficient (Wildman–Crippen LogP) is 4.46. The molecule has 0 unspecified atom stereocenters. The molecule has 0 bridgehead atoms. The summed E-state index contributed by atoms with van der Waals surface area (Å²) in [5.41, 5.74) is 3.04. The normalized spacial score (nSPS) is 11.6. The third-order valence-corrected chi connectivity index (χ3v) is 5.20. The van der Waals surface area contributed by atoms with Gasteiger partial charge < -0.3 is 4.57 Å². The van der Waals surface area contributed by atoms with Crippen LogP contribution in [0.25, 0.3) is 11.0 Å². The maximum absolute atomic E-state index is 13.5. The summed E-state index contributed by atoms with van der Waals surface area (Å²) < 4.78 is 17.3. The Bertz CT molecular complexity index is 991. The molecule has 26 heavy (non-hydrogen) atoms. The topological polar surface area (TPSA) is 39.8 Å². The first-order valence-electron chi connectivity index (χ1n) is 8.79. The summed E-state index contributed by atoms with van der Waals surface area (Å²) in [6.45, 7) is 7.35. The van der Waals surface area contributed by atoms with E-state index in [0.717, 1.165) is 22.8 Å². The Morgan fingerprint density at radius 1 is 1.23 bits per heavy atom. The number of aryl methyl sites for hydroxylation is 1. The van der Waals surface area contributed by atoms with Crippen molar-refractivity contribution in [2.45, 2.75) is 45.4 Å². The molecule has 3 rings (SSSR count). The number of rotatable bonds is 6. The van der Waals surface area contributed by atoms with Crippen LogP contribution >= 0.6 is 11.8 Å². The molecule has 0 aliphatic carbocycles. The number of aromatic nitrogens is 3. The highest BCUT2D eigenvalue weighted by molar-refractivity contribution is 7.98. The fourth-order valence-electron chi connectivity index (χ4n) is 3.11. The molecule has 1 aromatic carbocycles. The van der Waals surface area contributed by atoms with E-state index in [1.807, 2.05) is 29.9 Å². The lowest BCUT2D eigenvalue weighted by molar-refractivity contribution is 0.480. The molecule has 0 spiro atoms. The van der Waals surface area contributed by atoms with Gasteiger partial charge in [0.15, 0.2) is 5.16 Å². The van der Waals surface area contributed by atoms with E-state index >= 15 is 0 Å². The highest BCUT2D eigenvalue weighted by Gasteiger charge is 2.17. The van der Waals surface area contributed by atoms with Gasteiger partial charge in [-0.15, -0.1) is 0 Å². The van der Waals surface area contributed by atoms with Crippen molar-refractivity contribution in [3.8, 4) is 0 Å². The van der Waals surface area contributed by atoms with Crippen molar-refractivity contribution in [3.63, 3.8) is 0 Å². The van der Waals surface area contributed by atoms with Crippen LogP contribution in [-0.4, -0.2) is 20.4 Å². The smallest absolute Gasteiger partial charge is 0.278 e. The van der Waals surface area contributed by atoms with Crippen LogP contribution < -0.4 is 5.56 Å². The molecule has 0 aliphatic heterocycles. The number of nitrogens with zero attached hydrogens (tertiary/aromatic N) is 3. The van der Waals surface area contributed by atoms with E-state index < -0.39 is 0 Å². The SMILES string of the molecule is CSc1nc2cc(C)n(Cc3cccc(F)c3)c2c(=O)n1CCC(C)C. The third kappa shape index (κ3) is 3.70. The minimum absolute atomic E-state index is 0.0236. The van der Waals surface area contributed by atoms with E-state index in [2.05, 4.69) is 13.8 Å². The van der Waals surface area contributed by atoms with Gasteiger partial charge >= 0.3 is 0 Å². The van der Waals surface area contributed by atoms with E-state index in [0.29, 0.717) is 30.0 Å². The molecule has 4 nitrogen and oxygen atoms in total. The van der Waals surface area contributed by atoms with Gasteiger partial charge in [-0.05, 0) is 49.3 Å². The van der Waals surface area contributed by atoms with Crippen molar-refractivity contribution in [2.75, 3.05) is 6.26 Å². The summed E-state index contributed by atoms with van der Waals surface area (Å²) in [6.07, 6.45) is 2.86. The van der Waals surface area contributed by atoms with Crippen LogP contribution in [0.15, 0.2) is 40.3 Å². The summed E-state index contributed by atoms with van der Waals surface area (Å²) in [5.74, 6) is 0.238. The van der Waals surface area contributed by atoms with Gasteiger partial charge in [-0.3, -0.25) is 9.36 Å². The first-order chi connectivity index (χ1) is 12.4. The van der Waals surface area contributed by atoms with Crippen molar-refractivity contribution in [1.82, 2.24) is 14.1 Å². The summed E-state index contributed by atoms with van der Waals surface area (Å²) in [4.78, 5) is 17.9. The summed E-state index contributed by atoms with van der Waals surface area (Å²) in [5, 5.41) is 0.742. The molecule has 138 valence electrons. The monoisotopic (exact) mass is 373 g/mol. The Balaban J connectivity index is 2.13. The van der Waals surface area contributed by atoms with Gasteiger partial charge in [-0.25, -0.2) is 9.37 Å². The first-order valence-corrected chi connectivity index (χ1v) is 10.0. The van der Waals surface area contributed by atoms with Gasteiger partial charge in [-0.2, -0.15) is 0 Å². The molecule has 0 fully saturated rings. The van der Waals surface area contributed by atoms with E-state index in [1.54, 1.807) is 10.6 Å². The lowest BCUT2D eigenvalue weighted by atomic mass is 10.1. The van der Waals surface area contributed by atoms with Crippen LogP contribution in [0.1, 0.15) is 31.5 Å². The maximum atomic E-state index is 13.5. The molecule has 0 amide bonds. The zero-order chi connectivity index (χ0) is 18.8. The second-order valence-electron chi connectivity index (χ2n) is 6.97. The largest absolute Gasteiger partial charge is 0.335 e. The number of hydrogen-bond donors (Lipinski definition) is 0. The zero-order valence-electron chi connectivity index (χ0n) is 15.6. The molecule has 0 saturated heterocycles. The van der Waals surface area contributed by atoms with E-state index in [1.165, 1.54) is 23.9 Å². The average molecular weight is 373 g/mol. The van der Waals surface area contributed by atoms with Crippen molar-refractivity contribution in [2.24, 2.45) is 5.92 Å². The number of halogens is 1. The Morgan fingerprint density at radius 3 is 2.65 bits per heavy atom. The van der Waals surface area contributed by atoms with E-state index in [4.69, 9.17) is 4.98 Å². The minimum atomic E-state index is -0.270. The predicted molar refractivity (Wildman–Crippen MR) is 105 cm³/mol. The van der Waals surface area contributed by atoms with Crippen LogP contribution in [0.2, 0.25) is 0 Å². The highest BCUT2D eigenvalue weighted by atomic mass is 32.2. The van der Waals surface area contributed by atoms with Gasteiger partial charge in [0.1, 0.15) is 11.3 Å². The van der Waals surface area contributed by atoms with Gasteiger partial charge in [0, 0.05) is 18.8 Å². The third-order valence-electron chi connectivity index (χ3n) is 4.52. The number of hydrogen-bond acceptors (Lipinski definition) is 3. The second kappa shape index (κ2) is 7.66. The van der Waals surface area contributed by atoms with Crippen LogP contribution in [-0.2, 0) is 13.1 Å². The van der Waals surface area contributed by atoms with Crippen molar-refractivity contribution in [3.05, 3.63) is 57.8 Å². The van der Waals surface area contributed by atoms with Crippen molar-refractivity contribution >= 4 is 22.8 Å². The molecule has 6 heteroatoms. The molecule has 2 heterocycles. The average Bonchev–Trinajstić information content (AvgIpc) is 2.89. The van der Waals surface area contributed by atoms with Crippen molar-refractivity contribution < 1.29 is 4.39 Å². The molecule has 0 atom stereocenters. The summed E-state index contributed by atoms with van der Waals surface area (Å²) in [7, 11) is 0. The van der Waals surface area contributed by atoms with Gasteiger partial charge in [0.2, 0.25) is 0 Å². The van der Waals surface area contributed by atoms with E-state index in [-0.39, 0.29) is 11.4 Å². The summed E-state index contributed by atoms with van der Waals surface area (Å²) >= 11 is 1.49. The molecule has 2 aromatic heterocycles. The van der Waals surface area contributed by atoms with Gasteiger partial charge in [-0.1, -0.05) is 37.7 Å². The fourth-order valence-corrected chi connectivity index (χ4v) is 3.69. The number of fused-ring (bicyclic) bond motifs is 1. The number of benzene rings is 1. The molecule has 0 aliphatic rings. The minimum Gasteiger partial charge on any atom is -0.335 e. The van der Waals surface area contributed by atoms with Gasteiger partial charge in [0.25, 0.3) is 5.56 Å². The Labute approximate surface area is 157 Å². The molecule has 0 radical (unpaired) electrons. The molecule has 0 N–H and O–H groups in total. The molecular formula is C20H24FN3OS. The van der Waals surface area contributed by atoms with Crippen LogP contribution in [0, 0.1) is 18.7 Å². The lowest BCUT2D eigenvalue weighted by Gasteiger charge is -2.14. The van der Waals surface area contributed by atoms with Crippen LogP contribution in [0.4, 0.5) is 4.39 Å². The summed E-state index contributed by atoms with van der Waals surface area (Å²) in [6, 6.07) is 8.43. The second-order valence-corrected chi connectivity index (χ2v) is 7.75. The standard InChI is InChI=1S/C20H24FN3OS/c1-13(2)8-9-23-19(25)18-17(22-20(23)26-4)10-14(3)24(18)12-15-6-5-7-16(21)11-15/h5-7,10-11,13H,8-9,12H2,1-4H3. The van der Waals surface area contributed by atoms with Gasteiger partial charge in [0.05, 0.1) is 5.52 Å². The molecule has 0 saturated carbocycles. The van der Waals surface area contributed by atoms with Crippen LogP contribution in [0.3, 0.4) is 0 Å². The van der Waals surface area contributed by atoms with Crippen molar-refractivity contribution in [1.29, 1.82) is 0 Å². The Morgan fingerprint density at radius 2 is 2.00 bits per heavy atom. The fraction of sp³-hybridized carbons (Fsp3) is 0.400. The Hall–Kier alpha value is -2.08. The highest BCUT2D eigenvalue weighted by Crippen LogP contribution is 2.21. The molecule has 3 aromatic rings. The maximum Gasteiger partial charge on any atom is 0.278 e. The number of thioether (sulfide) groups is 1. The zero-order valence-corrected chi connectivity index (χ0v) is 16.4.